The van der Waals surface area contributed by atoms with E-state index in [1.807, 2.05) is 0 Å². The highest BCUT2D eigenvalue weighted by atomic mass is 16.6. The number of hydrogen-bond donors (Lipinski definition) is 0. The van der Waals surface area contributed by atoms with Gasteiger partial charge in [-0.05, 0) is 62.7 Å². The number of carbonyl (C=O) groups is 1. The lowest BCUT2D eigenvalue weighted by atomic mass is 9.54. The third-order valence-corrected chi connectivity index (χ3v) is 5.80. The maximum atomic E-state index is 12.1. The van der Waals surface area contributed by atoms with Gasteiger partial charge in [0.2, 0.25) is 0 Å². The average molecular weight is 278 g/mol. The van der Waals surface area contributed by atoms with Crippen LogP contribution in [0.4, 0.5) is 0 Å². The van der Waals surface area contributed by atoms with E-state index >= 15 is 0 Å². The molecule has 114 valence electrons. The SMILES string of the molecule is CCCCCCCC(=O)OC12CC3CC(CC(C3)C1)C2. The first-order valence-electron chi connectivity index (χ1n) is 8.91. The summed E-state index contributed by atoms with van der Waals surface area (Å²) in [5, 5.41) is 0. The largest absolute Gasteiger partial charge is 0.459 e. The first-order valence-corrected chi connectivity index (χ1v) is 8.91. The third kappa shape index (κ3) is 3.20. The van der Waals surface area contributed by atoms with Gasteiger partial charge in [-0.1, -0.05) is 32.6 Å². The van der Waals surface area contributed by atoms with Gasteiger partial charge in [-0.2, -0.15) is 0 Å². The fourth-order valence-corrected chi connectivity index (χ4v) is 5.32. The predicted octanol–water partition coefficient (Wildman–Crippen LogP) is 4.86. The van der Waals surface area contributed by atoms with Gasteiger partial charge in [0.25, 0.3) is 0 Å². The predicted molar refractivity (Wildman–Crippen MR) is 80.4 cm³/mol. The van der Waals surface area contributed by atoms with Crippen LogP contribution in [0.1, 0.15) is 84.0 Å². The van der Waals surface area contributed by atoms with Crippen LogP contribution < -0.4 is 0 Å². The molecule has 4 saturated carbocycles. The topological polar surface area (TPSA) is 26.3 Å². The molecule has 4 fully saturated rings. The summed E-state index contributed by atoms with van der Waals surface area (Å²) in [5.74, 6) is 2.67. The molecule has 0 atom stereocenters. The third-order valence-electron chi connectivity index (χ3n) is 5.80. The van der Waals surface area contributed by atoms with E-state index in [9.17, 15) is 4.79 Å². The number of rotatable bonds is 7. The Balaban J connectivity index is 1.44. The van der Waals surface area contributed by atoms with Crippen LogP contribution in [0.2, 0.25) is 0 Å². The molecular formula is C18H30O2. The molecule has 4 aliphatic carbocycles. The van der Waals surface area contributed by atoms with Gasteiger partial charge in [0.15, 0.2) is 0 Å². The highest BCUT2D eigenvalue weighted by molar-refractivity contribution is 5.70. The molecule has 0 N–H and O–H groups in total. The molecule has 4 rings (SSSR count). The first kappa shape index (κ1) is 14.4. The lowest BCUT2D eigenvalue weighted by molar-refractivity contribution is -0.186. The summed E-state index contributed by atoms with van der Waals surface area (Å²) in [4.78, 5) is 12.1. The smallest absolute Gasteiger partial charge is 0.306 e. The van der Waals surface area contributed by atoms with Crippen LogP contribution in [-0.2, 0) is 9.53 Å². The van der Waals surface area contributed by atoms with Crippen molar-refractivity contribution in [3.63, 3.8) is 0 Å². The number of ether oxygens (including phenoxy) is 1. The normalized spacial score (nSPS) is 38.1. The minimum absolute atomic E-state index is 0.0325. The summed E-state index contributed by atoms with van der Waals surface area (Å²) in [7, 11) is 0. The lowest BCUT2D eigenvalue weighted by Crippen LogP contribution is -2.52. The fourth-order valence-electron chi connectivity index (χ4n) is 5.32. The highest BCUT2D eigenvalue weighted by Gasteiger charge is 2.53. The molecule has 0 saturated heterocycles. The van der Waals surface area contributed by atoms with Crippen LogP contribution in [0.5, 0.6) is 0 Å². The maximum Gasteiger partial charge on any atom is 0.306 e. The van der Waals surface area contributed by atoms with E-state index in [0.29, 0.717) is 6.42 Å². The molecule has 0 aromatic carbocycles. The number of hydrogen-bond acceptors (Lipinski definition) is 2. The van der Waals surface area contributed by atoms with Crippen molar-refractivity contribution in [1.82, 2.24) is 0 Å². The van der Waals surface area contributed by atoms with E-state index in [0.717, 1.165) is 24.2 Å². The zero-order valence-electron chi connectivity index (χ0n) is 13.0. The van der Waals surface area contributed by atoms with Crippen molar-refractivity contribution < 1.29 is 9.53 Å². The molecule has 0 aromatic rings. The molecule has 0 unspecified atom stereocenters. The van der Waals surface area contributed by atoms with E-state index in [1.54, 1.807) is 0 Å². The summed E-state index contributed by atoms with van der Waals surface area (Å²) in [6.07, 6.45) is 14.4. The van der Waals surface area contributed by atoms with E-state index in [-0.39, 0.29) is 11.6 Å². The average Bonchev–Trinajstić information content (AvgIpc) is 2.36. The van der Waals surface area contributed by atoms with Gasteiger partial charge in [0.05, 0.1) is 0 Å². The second-order valence-electron chi connectivity index (χ2n) is 7.74. The molecule has 0 heterocycles. The van der Waals surface area contributed by atoms with E-state index < -0.39 is 0 Å². The second-order valence-corrected chi connectivity index (χ2v) is 7.74. The Kier molecular flexibility index (Phi) is 4.37. The van der Waals surface area contributed by atoms with Gasteiger partial charge in [-0.25, -0.2) is 0 Å². The van der Waals surface area contributed by atoms with Crippen LogP contribution in [0.25, 0.3) is 0 Å². The number of carbonyl (C=O) groups excluding carboxylic acids is 1. The Morgan fingerprint density at radius 2 is 1.50 bits per heavy atom. The summed E-state index contributed by atoms with van der Waals surface area (Å²) in [6, 6.07) is 0. The standard InChI is InChI=1S/C18H30O2/c1-2-3-4-5-6-7-17(19)20-18-11-14-8-15(12-18)10-16(9-14)13-18/h14-16H,2-13H2,1H3. The van der Waals surface area contributed by atoms with Crippen LogP contribution in [0, 0.1) is 17.8 Å². The highest BCUT2D eigenvalue weighted by Crippen LogP contribution is 2.57. The Morgan fingerprint density at radius 3 is 2.05 bits per heavy atom. The molecule has 0 aliphatic heterocycles. The summed E-state index contributed by atoms with van der Waals surface area (Å²) >= 11 is 0. The zero-order chi connectivity index (χ0) is 14.0. The molecule has 0 spiro atoms. The molecular weight excluding hydrogens is 248 g/mol. The number of esters is 1. The van der Waals surface area contributed by atoms with Gasteiger partial charge < -0.3 is 4.74 Å². The van der Waals surface area contributed by atoms with E-state index in [4.69, 9.17) is 4.74 Å². The van der Waals surface area contributed by atoms with E-state index in [2.05, 4.69) is 6.92 Å². The first-order chi connectivity index (χ1) is 9.69. The van der Waals surface area contributed by atoms with Crippen molar-refractivity contribution in [3.8, 4) is 0 Å². The Morgan fingerprint density at radius 1 is 0.950 bits per heavy atom. The molecule has 4 aliphatic rings. The molecule has 0 amide bonds. The molecule has 0 radical (unpaired) electrons. The fraction of sp³-hybridized carbons (Fsp3) is 0.944. The molecule has 4 bridgehead atoms. The summed E-state index contributed by atoms with van der Waals surface area (Å²) in [6.45, 7) is 2.22. The monoisotopic (exact) mass is 278 g/mol. The van der Waals surface area contributed by atoms with Gasteiger partial charge >= 0.3 is 5.97 Å². The zero-order valence-corrected chi connectivity index (χ0v) is 13.0. The Labute approximate surface area is 123 Å². The maximum absolute atomic E-state index is 12.1. The number of unbranched alkanes of at least 4 members (excludes halogenated alkanes) is 4. The minimum atomic E-state index is -0.0325. The van der Waals surface area contributed by atoms with Gasteiger partial charge in [-0.3, -0.25) is 4.79 Å². The van der Waals surface area contributed by atoms with Crippen molar-refractivity contribution >= 4 is 5.97 Å². The molecule has 20 heavy (non-hydrogen) atoms. The summed E-state index contributed by atoms with van der Waals surface area (Å²) in [5.41, 5.74) is -0.0325. The van der Waals surface area contributed by atoms with Crippen molar-refractivity contribution in [2.45, 2.75) is 89.6 Å². The van der Waals surface area contributed by atoms with Crippen LogP contribution in [-0.4, -0.2) is 11.6 Å². The Bertz CT molecular complexity index is 312. The molecule has 2 heteroatoms. The van der Waals surface area contributed by atoms with Crippen molar-refractivity contribution in [1.29, 1.82) is 0 Å². The van der Waals surface area contributed by atoms with Gasteiger partial charge in [0.1, 0.15) is 5.60 Å². The van der Waals surface area contributed by atoms with Crippen molar-refractivity contribution in [3.05, 3.63) is 0 Å². The van der Waals surface area contributed by atoms with Crippen LogP contribution in [0.15, 0.2) is 0 Å². The quantitative estimate of drug-likeness (QED) is 0.491. The molecule has 2 nitrogen and oxygen atoms in total. The Hall–Kier alpha value is -0.530. The van der Waals surface area contributed by atoms with Crippen LogP contribution in [0.3, 0.4) is 0 Å². The lowest BCUT2D eigenvalue weighted by Gasteiger charge is -2.55. The van der Waals surface area contributed by atoms with Gasteiger partial charge in [-0.15, -0.1) is 0 Å². The van der Waals surface area contributed by atoms with Gasteiger partial charge in [0, 0.05) is 6.42 Å². The minimum Gasteiger partial charge on any atom is -0.459 e. The van der Waals surface area contributed by atoms with Crippen LogP contribution >= 0.6 is 0 Å². The van der Waals surface area contributed by atoms with E-state index in [1.165, 1.54) is 64.2 Å². The molecule has 0 aromatic heterocycles. The van der Waals surface area contributed by atoms with Crippen molar-refractivity contribution in [2.24, 2.45) is 17.8 Å². The summed E-state index contributed by atoms with van der Waals surface area (Å²) < 4.78 is 6.02. The second kappa shape index (κ2) is 6.07. The van der Waals surface area contributed by atoms with Crippen molar-refractivity contribution in [2.75, 3.05) is 0 Å².